The highest BCUT2D eigenvalue weighted by atomic mass is 16.2. The lowest BCUT2D eigenvalue weighted by atomic mass is 9.45. The van der Waals surface area contributed by atoms with Gasteiger partial charge < -0.3 is 10.6 Å². The summed E-state index contributed by atoms with van der Waals surface area (Å²) in [5, 5.41) is 6.46. The molecule has 1 amide bonds. The topological polar surface area (TPSA) is 41.1 Å². The van der Waals surface area contributed by atoms with E-state index in [-0.39, 0.29) is 11.9 Å². The van der Waals surface area contributed by atoms with Crippen LogP contribution in [0.15, 0.2) is 0 Å². The fourth-order valence-corrected chi connectivity index (χ4v) is 4.47. The van der Waals surface area contributed by atoms with Crippen molar-refractivity contribution in [1.29, 1.82) is 0 Å². The van der Waals surface area contributed by atoms with Crippen LogP contribution in [0.4, 0.5) is 0 Å². The molecule has 2 bridgehead atoms. The van der Waals surface area contributed by atoms with Crippen LogP contribution in [-0.2, 0) is 4.79 Å². The average molecular weight is 250 g/mol. The van der Waals surface area contributed by atoms with E-state index in [0.717, 1.165) is 43.7 Å². The molecule has 2 N–H and O–H groups in total. The third kappa shape index (κ3) is 1.97. The number of amides is 1. The first-order chi connectivity index (χ1) is 8.59. The summed E-state index contributed by atoms with van der Waals surface area (Å²) in [6.07, 6.45) is 6.23. The molecule has 0 radical (unpaired) electrons. The molecule has 1 heterocycles. The fourth-order valence-electron chi connectivity index (χ4n) is 4.47. The Morgan fingerprint density at radius 1 is 1.33 bits per heavy atom. The molecule has 18 heavy (non-hydrogen) atoms. The second-order valence-electron chi connectivity index (χ2n) is 7.09. The van der Waals surface area contributed by atoms with Gasteiger partial charge in [-0.05, 0) is 61.8 Å². The van der Waals surface area contributed by atoms with Crippen molar-refractivity contribution >= 4 is 5.91 Å². The molecule has 3 nitrogen and oxygen atoms in total. The molecule has 0 aromatic rings. The predicted octanol–water partition coefficient (Wildman–Crippen LogP) is 1.93. The van der Waals surface area contributed by atoms with Gasteiger partial charge in [-0.2, -0.15) is 0 Å². The number of carbonyl (C=O) groups is 1. The summed E-state index contributed by atoms with van der Waals surface area (Å²) in [6, 6.07) is 0.0794. The standard InChI is InChI=1S/C15H26N2O/c1-15(2)11-6-5-10(12(15)8-11)9-17-14(18)13-4-3-7-16-13/h10-13,16H,3-9H2,1-2H3,(H,17,18)/t10?,11?,12?,13-/m0/s1. The Labute approximate surface area is 110 Å². The summed E-state index contributed by atoms with van der Waals surface area (Å²) in [6.45, 7) is 6.73. The van der Waals surface area contributed by atoms with Crippen molar-refractivity contribution in [2.24, 2.45) is 23.2 Å². The van der Waals surface area contributed by atoms with Crippen molar-refractivity contribution in [2.75, 3.05) is 13.1 Å². The van der Waals surface area contributed by atoms with Crippen LogP contribution < -0.4 is 10.6 Å². The first-order valence-corrected chi connectivity index (χ1v) is 7.60. The molecule has 0 aromatic carbocycles. The molecule has 3 aliphatic carbocycles. The smallest absolute Gasteiger partial charge is 0.237 e. The van der Waals surface area contributed by atoms with E-state index in [4.69, 9.17) is 0 Å². The average Bonchev–Trinajstić information content (AvgIpc) is 2.89. The molecule has 4 rings (SSSR count). The highest BCUT2D eigenvalue weighted by Crippen LogP contribution is 2.61. The van der Waals surface area contributed by atoms with Gasteiger partial charge in [0, 0.05) is 6.54 Å². The van der Waals surface area contributed by atoms with Crippen molar-refractivity contribution in [1.82, 2.24) is 10.6 Å². The van der Waals surface area contributed by atoms with E-state index in [9.17, 15) is 4.79 Å². The van der Waals surface area contributed by atoms with Gasteiger partial charge in [0.05, 0.1) is 6.04 Å². The van der Waals surface area contributed by atoms with Crippen molar-refractivity contribution in [3.05, 3.63) is 0 Å². The number of nitrogens with one attached hydrogen (secondary N) is 2. The largest absolute Gasteiger partial charge is 0.354 e. The third-order valence-electron chi connectivity index (χ3n) is 5.92. The second-order valence-corrected chi connectivity index (χ2v) is 7.09. The lowest BCUT2D eigenvalue weighted by Crippen LogP contribution is -2.55. The van der Waals surface area contributed by atoms with Gasteiger partial charge in [-0.25, -0.2) is 0 Å². The maximum absolute atomic E-state index is 12.0. The Hall–Kier alpha value is -0.570. The first-order valence-electron chi connectivity index (χ1n) is 7.60. The van der Waals surface area contributed by atoms with Gasteiger partial charge in [-0.15, -0.1) is 0 Å². The highest BCUT2D eigenvalue weighted by Gasteiger charge is 2.53. The van der Waals surface area contributed by atoms with E-state index in [1.807, 2.05) is 0 Å². The SMILES string of the molecule is CC1(C)C2CCC(CNC(=O)[C@@H]3CCCN3)C1C2. The van der Waals surface area contributed by atoms with Crippen LogP contribution in [-0.4, -0.2) is 25.0 Å². The molecule has 4 atom stereocenters. The second kappa shape index (κ2) is 4.52. The van der Waals surface area contributed by atoms with Gasteiger partial charge in [-0.1, -0.05) is 13.8 Å². The van der Waals surface area contributed by atoms with Crippen LogP contribution in [0.2, 0.25) is 0 Å². The van der Waals surface area contributed by atoms with Crippen molar-refractivity contribution in [3.8, 4) is 0 Å². The molecule has 3 heteroatoms. The van der Waals surface area contributed by atoms with E-state index in [1.54, 1.807) is 0 Å². The van der Waals surface area contributed by atoms with Crippen molar-refractivity contribution in [2.45, 2.75) is 52.0 Å². The zero-order valence-electron chi connectivity index (χ0n) is 11.7. The van der Waals surface area contributed by atoms with Gasteiger partial charge in [-0.3, -0.25) is 4.79 Å². The minimum absolute atomic E-state index is 0.0794. The summed E-state index contributed by atoms with van der Waals surface area (Å²) in [5.41, 5.74) is 0.527. The van der Waals surface area contributed by atoms with E-state index >= 15 is 0 Å². The summed E-state index contributed by atoms with van der Waals surface area (Å²) in [5.74, 6) is 2.74. The summed E-state index contributed by atoms with van der Waals surface area (Å²) < 4.78 is 0. The Bertz CT molecular complexity index is 331. The molecule has 4 aliphatic rings. The summed E-state index contributed by atoms with van der Waals surface area (Å²) in [7, 11) is 0. The van der Waals surface area contributed by atoms with Crippen LogP contribution in [0, 0.1) is 23.2 Å². The molecule has 0 aromatic heterocycles. The van der Waals surface area contributed by atoms with E-state index in [2.05, 4.69) is 24.5 Å². The Kier molecular flexibility index (Phi) is 3.13. The Morgan fingerprint density at radius 3 is 2.78 bits per heavy atom. The molecule has 3 unspecified atom stereocenters. The van der Waals surface area contributed by atoms with Crippen LogP contribution in [0.5, 0.6) is 0 Å². The molecule has 3 saturated carbocycles. The maximum atomic E-state index is 12.0. The zero-order valence-corrected chi connectivity index (χ0v) is 11.7. The van der Waals surface area contributed by atoms with E-state index in [1.165, 1.54) is 19.3 Å². The zero-order chi connectivity index (χ0) is 12.8. The number of hydrogen-bond acceptors (Lipinski definition) is 2. The lowest BCUT2D eigenvalue weighted by molar-refractivity contribution is -0.126. The predicted molar refractivity (Wildman–Crippen MR) is 72.1 cm³/mol. The molecule has 4 fully saturated rings. The van der Waals surface area contributed by atoms with Crippen molar-refractivity contribution in [3.63, 3.8) is 0 Å². The van der Waals surface area contributed by atoms with Crippen LogP contribution in [0.3, 0.4) is 0 Å². The Balaban J connectivity index is 1.50. The first kappa shape index (κ1) is 12.5. The third-order valence-corrected chi connectivity index (χ3v) is 5.92. The van der Waals surface area contributed by atoms with Gasteiger partial charge in [0.1, 0.15) is 0 Å². The fraction of sp³-hybridized carbons (Fsp3) is 0.933. The monoisotopic (exact) mass is 250 g/mol. The molecule has 1 aliphatic heterocycles. The Morgan fingerprint density at radius 2 is 2.17 bits per heavy atom. The lowest BCUT2D eigenvalue weighted by Gasteiger charge is -2.60. The molecular weight excluding hydrogens is 224 g/mol. The minimum atomic E-state index is 0.0794. The molecule has 0 spiro atoms. The minimum Gasteiger partial charge on any atom is -0.354 e. The van der Waals surface area contributed by atoms with Gasteiger partial charge >= 0.3 is 0 Å². The molecular formula is C15H26N2O. The number of hydrogen-bond donors (Lipinski definition) is 2. The van der Waals surface area contributed by atoms with Crippen molar-refractivity contribution < 1.29 is 4.79 Å². The number of carbonyl (C=O) groups excluding carboxylic acids is 1. The summed E-state index contributed by atoms with van der Waals surface area (Å²) >= 11 is 0. The van der Waals surface area contributed by atoms with Crippen LogP contribution in [0.25, 0.3) is 0 Å². The van der Waals surface area contributed by atoms with Gasteiger partial charge in [0.25, 0.3) is 0 Å². The van der Waals surface area contributed by atoms with Crippen LogP contribution >= 0.6 is 0 Å². The summed E-state index contributed by atoms with van der Waals surface area (Å²) in [4.78, 5) is 12.0. The maximum Gasteiger partial charge on any atom is 0.237 e. The van der Waals surface area contributed by atoms with Gasteiger partial charge in [0.2, 0.25) is 5.91 Å². The number of rotatable bonds is 3. The van der Waals surface area contributed by atoms with E-state index in [0.29, 0.717) is 5.41 Å². The van der Waals surface area contributed by atoms with E-state index < -0.39 is 0 Å². The van der Waals surface area contributed by atoms with Crippen LogP contribution in [0.1, 0.15) is 46.0 Å². The van der Waals surface area contributed by atoms with Gasteiger partial charge in [0.15, 0.2) is 0 Å². The quantitative estimate of drug-likeness (QED) is 0.803. The normalized spacial score (nSPS) is 41.2. The molecule has 102 valence electrons. The highest BCUT2D eigenvalue weighted by molar-refractivity contribution is 5.81. The molecule has 1 saturated heterocycles. The number of fused-ring (bicyclic) bond motifs is 2.